The van der Waals surface area contributed by atoms with Crippen molar-refractivity contribution in [2.45, 2.75) is 26.7 Å². The average Bonchev–Trinajstić information content (AvgIpc) is 2.42. The van der Waals surface area contributed by atoms with E-state index in [-0.39, 0.29) is 5.56 Å². The number of carboxylic acids is 1. The number of halogens is 2. The molecule has 0 saturated heterocycles. The number of nitrogens with zero attached hydrogens (tertiary/aromatic N) is 2. The molecule has 0 radical (unpaired) electrons. The molecule has 4 nitrogen and oxygen atoms in total. The second-order valence-electron chi connectivity index (χ2n) is 4.69. The van der Waals surface area contributed by atoms with E-state index >= 15 is 0 Å². The van der Waals surface area contributed by atoms with E-state index in [1.165, 1.54) is 12.1 Å². The van der Waals surface area contributed by atoms with Crippen molar-refractivity contribution in [3.05, 3.63) is 46.1 Å². The van der Waals surface area contributed by atoms with Crippen LogP contribution in [0.2, 0.25) is 5.15 Å². The van der Waals surface area contributed by atoms with Gasteiger partial charge in [-0.1, -0.05) is 18.5 Å². The van der Waals surface area contributed by atoms with E-state index in [9.17, 15) is 9.18 Å². The highest BCUT2D eigenvalue weighted by molar-refractivity contribution is 6.30. The van der Waals surface area contributed by atoms with Crippen LogP contribution in [0, 0.1) is 12.7 Å². The number of hydrogen-bond donors (Lipinski definition) is 1. The van der Waals surface area contributed by atoms with E-state index in [1.807, 2.05) is 6.92 Å². The van der Waals surface area contributed by atoms with E-state index in [0.717, 1.165) is 12.5 Å². The standard InChI is InChI=1S/C15H14ClFN2O2/c1-3-4-12-18-13(8(2)14(16)19-12)9-5-10(15(20)21)7-11(17)6-9/h5-7H,3-4H2,1-2H3,(H,20,21). The molecule has 21 heavy (non-hydrogen) atoms. The molecule has 1 N–H and O–H groups in total. The Labute approximate surface area is 126 Å². The minimum atomic E-state index is -1.19. The first kappa shape index (κ1) is 15.4. The number of carboxylic acid groups (broad SMARTS) is 1. The summed E-state index contributed by atoms with van der Waals surface area (Å²) in [5, 5.41) is 9.31. The van der Waals surface area contributed by atoms with E-state index in [4.69, 9.17) is 16.7 Å². The maximum absolute atomic E-state index is 13.6. The lowest BCUT2D eigenvalue weighted by molar-refractivity contribution is 0.0696. The molecule has 1 aromatic heterocycles. The summed E-state index contributed by atoms with van der Waals surface area (Å²) in [4.78, 5) is 19.6. The van der Waals surface area contributed by atoms with Gasteiger partial charge in [0.05, 0.1) is 11.3 Å². The fourth-order valence-corrected chi connectivity index (χ4v) is 2.19. The summed E-state index contributed by atoms with van der Waals surface area (Å²) in [6.45, 7) is 3.71. The summed E-state index contributed by atoms with van der Waals surface area (Å²) in [6.07, 6.45) is 1.50. The predicted octanol–water partition coefficient (Wildman–Crippen LogP) is 3.90. The predicted molar refractivity (Wildman–Crippen MR) is 78.1 cm³/mol. The zero-order chi connectivity index (χ0) is 15.6. The first-order valence-corrected chi connectivity index (χ1v) is 6.87. The number of carbonyl (C=O) groups is 1. The molecular formula is C15H14ClFN2O2. The van der Waals surface area contributed by atoms with Gasteiger partial charge in [-0.15, -0.1) is 0 Å². The number of benzene rings is 1. The minimum absolute atomic E-state index is 0.129. The fourth-order valence-electron chi connectivity index (χ4n) is 2.00. The first-order chi connectivity index (χ1) is 9.92. The van der Waals surface area contributed by atoms with Gasteiger partial charge in [0.25, 0.3) is 0 Å². The molecule has 2 aromatic rings. The van der Waals surface area contributed by atoms with E-state index in [1.54, 1.807) is 6.92 Å². The van der Waals surface area contributed by atoms with Gasteiger partial charge in [0, 0.05) is 17.5 Å². The van der Waals surface area contributed by atoms with E-state index in [0.29, 0.717) is 34.2 Å². The van der Waals surface area contributed by atoms with Crippen LogP contribution in [-0.2, 0) is 6.42 Å². The van der Waals surface area contributed by atoms with Gasteiger partial charge in [0.1, 0.15) is 16.8 Å². The third-order valence-corrected chi connectivity index (χ3v) is 3.39. The smallest absolute Gasteiger partial charge is 0.335 e. The molecule has 0 atom stereocenters. The number of rotatable bonds is 4. The summed E-state index contributed by atoms with van der Waals surface area (Å²) < 4.78 is 13.6. The Balaban J connectivity index is 2.63. The van der Waals surface area contributed by atoms with Crippen molar-refractivity contribution in [3.63, 3.8) is 0 Å². The Bertz CT molecular complexity index is 704. The molecule has 6 heteroatoms. The van der Waals surface area contributed by atoms with Gasteiger partial charge in [-0.3, -0.25) is 0 Å². The molecule has 0 aliphatic heterocycles. The van der Waals surface area contributed by atoms with Crippen LogP contribution in [0.25, 0.3) is 11.3 Å². The molecule has 0 aliphatic rings. The molecule has 0 amide bonds. The molecule has 0 fully saturated rings. The molecule has 2 rings (SSSR count). The van der Waals surface area contributed by atoms with Crippen LogP contribution in [-0.4, -0.2) is 21.0 Å². The Morgan fingerprint density at radius 3 is 2.67 bits per heavy atom. The van der Waals surface area contributed by atoms with Crippen LogP contribution < -0.4 is 0 Å². The SMILES string of the molecule is CCCc1nc(Cl)c(C)c(-c2cc(F)cc(C(=O)O)c2)n1. The molecule has 0 bridgehead atoms. The molecule has 1 aromatic carbocycles. The minimum Gasteiger partial charge on any atom is -0.478 e. The summed E-state index contributed by atoms with van der Waals surface area (Å²) in [6, 6.07) is 3.59. The fraction of sp³-hybridized carbons (Fsp3) is 0.267. The van der Waals surface area contributed by atoms with Crippen molar-refractivity contribution < 1.29 is 14.3 Å². The number of aromatic nitrogens is 2. The molecule has 1 heterocycles. The summed E-state index contributed by atoms with van der Waals surface area (Å²) >= 11 is 6.09. The summed E-state index contributed by atoms with van der Waals surface area (Å²) in [5.74, 6) is -1.26. The van der Waals surface area contributed by atoms with E-state index < -0.39 is 11.8 Å². The Kier molecular flexibility index (Phi) is 4.53. The third kappa shape index (κ3) is 3.36. The quantitative estimate of drug-likeness (QED) is 0.870. The zero-order valence-corrected chi connectivity index (χ0v) is 12.4. The molecule has 0 unspecified atom stereocenters. The van der Waals surface area contributed by atoms with Gasteiger partial charge in [0.2, 0.25) is 0 Å². The Morgan fingerprint density at radius 2 is 2.05 bits per heavy atom. The van der Waals surface area contributed by atoms with Gasteiger partial charge >= 0.3 is 5.97 Å². The number of hydrogen-bond acceptors (Lipinski definition) is 3. The van der Waals surface area contributed by atoms with Crippen LogP contribution in [0.5, 0.6) is 0 Å². The largest absolute Gasteiger partial charge is 0.478 e. The lowest BCUT2D eigenvalue weighted by atomic mass is 10.0. The lowest BCUT2D eigenvalue weighted by Crippen LogP contribution is -2.03. The Hall–Kier alpha value is -2.01. The lowest BCUT2D eigenvalue weighted by Gasteiger charge is -2.10. The van der Waals surface area contributed by atoms with Gasteiger partial charge in [-0.25, -0.2) is 19.2 Å². The second kappa shape index (κ2) is 6.18. The molecule has 0 saturated carbocycles. The highest BCUT2D eigenvalue weighted by atomic mass is 35.5. The van der Waals surface area contributed by atoms with Crippen molar-refractivity contribution in [1.29, 1.82) is 0 Å². The normalized spacial score (nSPS) is 10.7. The monoisotopic (exact) mass is 308 g/mol. The number of aryl methyl sites for hydroxylation is 1. The average molecular weight is 309 g/mol. The van der Waals surface area contributed by atoms with Crippen molar-refractivity contribution >= 4 is 17.6 Å². The van der Waals surface area contributed by atoms with Gasteiger partial charge in [-0.2, -0.15) is 0 Å². The van der Waals surface area contributed by atoms with Gasteiger partial charge in [0.15, 0.2) is 0 Å². The summed E-state index contributed by atoms with van der Waals surface area (Å²) in [7, 11) is 0. The van der Waals surface area contributed by atoms with Crippen LogP contribution in [0.3, 0.4) is 0 Å². The highest BCUT2D eigenvalue weighted by Crippen LogP contribution is 2.27. The van der Waals surface area contributed by atoms with E-state index in [2.05, 4.69) is 9.97 Å². The topological polar surface area (TPSA) is 63.1 Å². The van der Waals surface area contributed by atoms with Crippen LogP contribution in [0.1, 0.15) is 35.1 Å². The highest BCUT2D eigenvalue weighted by Gasteiger charge is 2.14. The van der Waals surface area contributed by atoms with Gasteiger partial charge < -0.3 is 5.11 Å². The van der Waals surface area contributed by atoms with Crippen molar-refractivity contribution in [2.24, 2.45) is 0 Å². The van der Waals surface area contributed by atoms with Crippen molar-refractivity contribution in [1.82, 2.24) is 9.97 Å². The third-order valence-electron chi connectivity index (χ3n) is 3.02. The maximum Gasteiger partial charge on any atom is 0.335 e. The second-order valence-corrected chi connectivity index (χ2v) is 5.05. The molecular weight excluding hydrogens is 295 g/mol. The first-order valence-electron chi connectivity index (χ1n) is 6.49. The Morgan fingerprint density at radius 1 is 1.33 bits per heavy atom. The van der Waals surface area contributed by atoms with Crippen molar-refractivity contribution in [2.75, 3.05) is 0 Å². The van der Waals surface area contributed by atoms with Crippen LogP contribution in [0.4, 0.5) is 4.39 Å². The van der Waals surface area contributed by atoms with Gasteiger partial charge in [-0.05, 0) is 31.5 Å². The molecule has 110 valence electrons. The maximum atomic E-state index is 13.6. The van der Waals surface area contributed by atoms with Crippen LogP contribution >= 0.6 is 11.6 Å². The zero-order valence-electron chi connectivity index (χ0n) is 11.7. The van der Waals surface area contributed by atoms with Crippen molar-refractivity contribution in [3.8, 4) is 11.3 Å². The molecule has 0 aliphatic carbocycles. The van der Waals surface area contributed by atoms with Crippen LogP contribution in [0.15, 0.2) is 18.2 Å². The number of aromatic carboxylic acids is 1. The molecule has 0 spiro atoms. The summed E-state index contributed by atoms with van der Waals surface area (Å²) in [5.41, 5.74) is 1.31.